The molecule has 1 amide bonds. The molecule has 0 aliphatic heterocycles. The lowest BCUT2D eigenvalue weighted by Gasteiger charge is -2.26. The van der Waals surface area contributed by atoms with E-state index in [1.165, 1.54) is 6.07 Å². The number of aromatic nitrogens is 1. The first-order valence-electron chi connectivity index (χ1n) is 14.0. The van der Waals surface area contributed by atoms with Crippen molar-refractivity contribution in [3.8, 4) is 0 Å². The Labute approximate surface area is 241 Å². The summed E-state index contributed by atoms with van der Waals surface area (Å²) >= 11 is 6.21. The zero-order valence-corrected chi connectivity index (χ0v) is 24.0. The van der Waals surface area contributed by atoms with Crippen LogP contribution in [-0.2, 0) is 17.6 Å². The molecule has 1 aliphatic rings. The third-order valence-corrected chi connectivity index (χ3v) is 7.45. The number of amides is 1. The minimum absolute atomic E-state index is 0.0138. The summed E-state index contributed by atoms with van der Waals surface area (Å²) in [4.78, 5) is 29.1. The summed E-state index contributed by atoms with van der Waals surface area (Å²) in [5.41, 5.74) is 4.28. The highest BCUT2D eigenvalue weighted by Crippen LogP contribution is 2.30. The highest BCUT2D eigenvalue weighted by atomic mass is 35.5. The number of fused-ring (bicyclic) bond motifs is 1. The van der Waals surface area contributed by atoms with Crippen LogP contribution in [-0.4, -0.2) is 22.0 Å². The predicted octanol–water partition coefficient (Wildman–Crippen LogP) is 8.14. The topological polar surface area (TPSA) is 79.3 Å². The van der Waals surface area contributed by atoms with E-state index in [1.54, 1.807) is 36.5 Å². The average molecular weight is 565 g/mol. The summed E-state index contributed by atoms with van der Waals surface area (Å²) in [5.74, 6) is -1.26. The van der Waals surface area contributed by atoms with Crippen molar-refractivity contribution in [2.45, 2.75) is 77.2 Å². The van der Waals surface area contributed by atoms with E-state index in [1.807, 2.05) is 37.3 Å². The Morgan fingerprint density at radius 3 is 2.75 bits per heavy atom. The van der Waals surface area contributed by atoms with Gasteiger partial charge in [0.15, 0.2) is 0 Å². The molecule has 2 atom stereocenters. The number of rotatable bonds is 11. The van der Waals surface area contributed by atoms with Crippen LogP contribution in [0.1, 0.15) is 97.1 Å². The van der Waals surface area contributed by atoms with Crippen molar-refractivity contribution >= 4 is 23.5 Å². The number of halogens is 2. The van der Waals surface area contributed by atoms with E-state index in [4.69, 9.17) is 21.7 Å². The van der Waals surface area contributed by atoms with Crippen molar-refractivity contribution in [2.24, 2.45) is 0 Å². The van der Waals surface area contributed by atoms with Gasteiger partial charge >= 0.3 is 5.97 Å². The molecule has 1 unspecified atom stereocenters. The van der Waals surface area contributed by atoms with Crippen molar-refractivity contribution in [2.75, 3.05) is 0 Å². The van der Waals surface area contributed by atoms with Crippen LogP contribution in [0, 0.1) is 5.82 Å². The number of hydrogen-bond donors (Lipinski definition) is 2. The van der Waals surface area contributed by atoms with Crippen molar-refractivity contribution in [3.05, 3.63) is 112 Å². The number of aryl methyl sites for hydroxylation is 2. The van der Waals surface area contributed by atoms with Crippen molar-refractivity contribution in [1.82, 2.24) is 10.3 Å². The molecule has 7 heteroatoms. The zero-order chi connectivity index (χ0) is 28.9. The van der Waals surface area contributed by atoms with Gasteiger partial charge in [0.05, 0.1) is 11.7 Å². The molecule has 0 saturated carbocycles. The van der Waals surface area contributed by atoms with Crippen molar-refractivity contribution < 1.29 is 19.1 Å². The fraction of sp³-hybridized carbons (Fsp3) is 0.364. The molecule has 0 saturated heterocycles. The summed E-state index contributed by atoms with van der Waals surface area (Å²) < 4.78 is 13.7. The Bertz CT molecular complexity index is 1310. The fourth-order valence-corrected chi connectivity index (χ4v) is 5.02. The standard InChI is InChI=1S/C33H38ClFN2O3/c1-3-23(17-18-27(34)4-2)32-24(10-5-6-16-31(38)39)11-7-12-25(14-9-21-36-32)33(40)37-30-15-8-13-26-22-28(35)19-20-29(26)30/h4,7,9,11-12,14,17-23,30H,3,5-6,8,10,13,15-16H2,1-2H3,(H,37,40)(H,38,39)/b11-7?,12-7?,14-9?,18-17-,21-9?,24-11?,25-12?,25-14?,27-4+,32-24?,36-21?,36-32?/t23?,30-/m1/s1. The molecule has 1 aromatic carbocycles. The maximum Gasteiger partial charge on any atom is 0.303 e. The summed E-state index contributed by atoms with van der Waals surface area (Å²) in [7, 11) is 0. The Morgan fingerprint density at radius 2 is 2.00 bits per heavy atom. The van der Waals surface area contributed by atoms with E-state index >= 15 is 0 Å². The van der Waals surface area contributed by atoms with Gasteiger partial charge < -0.3 is 10.4 Å². The lowest BCUT2D eigenvalue weighted by Crippen LogP contribution is -2.30. The molecule has 0 bridgehead atoms. The number of carboxylic acids is 1. The van der Waals surface area contributed by atoms with Crippen LogP contribution < -0.4 is 5.32 Å². The number of nitrogens with zero attached hydrogens (tertiary/aromatic N) is 1. The highest BCUT2D eigenvalue weighted by molar-refractivity contribution is 6.31. The number of benzene rings is 1. The molecule has 1 heterocycles. The van der Waals surface area contributed by atoms with Crippen LogP contribution in [0.25, 0.3) is 0 Å². The van der Waals surface area contributed by atoms with Crippen molar-refractivity contribution in [1.29, 1.82) is 0 Å². The van der Waals surface area contributed by atoms with Crippen LogP contribution >= 0.6 is 11.6 Å². The minimum atomic E-state index is -0.807. The van der Waals surface area contributed by atoms with Gasteiger partial charge in [0.1, 0.15) is 5.82 Å². The monoisotopic (exact) mass is 564 g/mol. The Morgan fingerprint density at radius 1 is 1.20 bits per heavy atom. The Kier molecular flexibility index (Phi) is 12.4. The van der Waals surface area contributed by atoms with Gasteiger partial charge in [0, 0.05) is 29.1 Å². The lowest BCUT2D eigenvalue weighted by atomic mass is 9.87. The Balaban J connectivity index is 1.92. The van der Waals surface area contributed by atoms with E-state index in [0.29, 0.717) is 29.9 Å². The van der Waals surface area contributed by atoms with Gasteiger partial charge in [-0.15, -0.1) is 0 Å². The molecule has 40 heavy (non-hydrogen) atoms. The number of aliphatic carboxylic acids is 1. The van der Waals surface area contributed by atoms with Crippen LogP contribution in [0.5, 0.6) is 0 Å². The molecule has 2 aromatic rings. The van der Waals surface area contributed by atoms with Gasteiger partial charge in [0.25, 0.3) is 5.91 Å². The lowest BCUT2D eigenvalue weighted by molar-refractivity contribution is -0.137. The number of nitrogens with one attached hydrogen (secondary N) is 1. The number of carboxylic acid groups (broad SMARTS) is 1. The van der Waals surface area contributed by atoms with E-state index in [2.05, 4.69) is 12.2 Å². The van der Waals surface area contributed by atoms with Crippen LogP contribution in [0.2, 0.25) is 0 Å². The summed E-state index contributed by atoms with van der Waals surface area (Å²) in [6, 6.07) is 13.7. The maximum atomic E-state index is 13.7. The number of carbonyl (C=O) groups is 2. The second kappa shape index (κ2) is 15.9. The largest absolute Gasteiger partial charge is 0.481 e. The third kappa shape index (κ3) is 9.30. The highest BCUT2D eigenvalue weighted by Gasteiger charge is 2.22. The molecule has 0 spiro atoms. The number of hydrogen-bond acceptors (Lipinski definition) is 3. The van der Waals surface area contributed by atoms with Crippen LogP contribution in [0.4, 0.5) is 4.39 Å². The third-order valence-electron chi connectivity index (χ3n) is 7.11. The van der Waals surface area contributed by atoms with Crippen molar-refractivity contribution in [3.63, 3.8) is 0 Å². The summed E-state index contributed by atoms with van der Waals surface area (Å²) in [6.45, 7) is 3.96. The van der Waals surface area contributed by atoms with Gasteiger partial charge in [-0.05, 0) is 105 Å². The maximum absolute atomic E-state index is 13.7. The van der Waals surface area contributed by atoms with Crippen LogP contribution in [0.3, 0.4) is 0 Å². The van der Waals surface area contributed by atoms with Gasteiger partial charge in [-0.1, -0.05) is 48.9 Å². The van der Waals surface area contributed by atoms with E-state index in [0.717, 1.165) is 48.1 Å². The molecule has 3 rings (SSSR count). The molecule has 1 aliphatic carbocycles. The second-order valence-electron chi connectivity index (χ2n) is 9.94. The van der Waals surface area contributed by atoms with Gasteiger partial charge in [0.2, 0.25) is 0 Å². The molecule has 0 radical (unpaired) electrons. The Hall–Kier alpha value is -3.51. The molecule has 212 valence electrons. The van der Waals surface area contributed by atoms with E-state index in [9.17, 15) is 14.0 Å². The molecule has 0 fully saturated rings. The number of carbonyl (C=O) groups excluding carboxylic acids is 1. The number of unbranched alkanes of at least 4 members (excludes halogenated alkanes) is 1. The smallest absolute Gasteiger partial charge is 0.303 e. The normalized spacial score (nSPS) is 15.7. The molecule has 5 nitrogen and oxygen atoms in total. The number of allylic oxidation sites excluding steroid dienone is 4. The SMILES string of the molecule is C/C=C(Cl)\C=C/C(CC)c1ncccc(C(=O)N[C@@H]2CCCc3cc(F)ccc32)cccc1CCCCC(=O)O. The van der Waals surface area contributed by atoms with Gasteiger partial charge in [-0.3, -0.25) is 14.6 Å². The molecular weight excluding hydrogens is 527 g/mol. The minimum Gasteiger partial charge on any atom is -0.481 e. The first-order chi connectivity index (χ1) is 19.3. The second-order valence-corrected chi connectivity index (χ2v) is 10.4. The molecular formula is C33H38ClFN2O3. The zero-order valence-electron chi connectivity index (χ0n) is 23.2. The van der Waals surface area contributed by atoms with E-state index < -0.39 is 5.97 Å². The summed E-state index contributed by atoms with van der Waals surface area (Å²) in [5, 5.41) is 12.8. The fourth-order valence-electron chi connectivity index (χ4n) is 4.95. The van der Waals surface area contributed by atoms with E-state index in [-0.39, 0.29) is 30.1 Å². The summed E-state index contributed by atoms with van der Waals surface area (Å²) in [6.07, 6.45) is 12.8. The van der Waals surface area contributed by atoms with Gasteiger partial charge in [-0.2, -0.15) is 0 Å². The molecule has 2 N–H and O–H groups in total. The first kappa shape index (κ1) is 31.0. The predicted molar refractivity (Wildman–Crippen MR) is 158 cm³/mol. The quantitative estimate of drug-likeness (QED) is 0.213. The molecule has 1 aromatic heterocycles. The first-order valence-corrected chi connectivity index (χ1v) is 14.3. The van der Waals surface area contributed by atoms with Crippen LogP contribution in [0.15, 0.2) is 78.0 Å². The van der Waals surface area contributed by atoms with Gasteiger partial charge in [-0.25, -0.2) is 4.39 Å². The average Bonchev–Trinajstić information content (AvgIpc) is 2.94.